The minimum absolute atomic E-state index is 0.107. The normalized spacial score (nSPS) is 10.7. The van der Waals surface area contributed by atoms with Crippen LogP contribution in [-0.4, -0.2) is 36.8 Å². The monoisotopic (exact) mass is 417 g/mol. The predicted octanol–water partition coefficient (Wildman–Crippen LogP) is 4.37. The van der Waals surface area contributed by atoms with Gasteiger partial charge in [0.05, 0.1) is 32.4 Å². The van der Waals surface area contributed by atoms with E-state index in [1.807, 2.05) is 47.0 Å². The minimum atomic E-state index is -0.157. The molecule has 0 aliphatic rings. The lowest BCUT2D eigenvalue weighted by Gasteiger charge is -2.12. The van der Waals surface area contributed by atoms with Crippen LogP contribution < -0.4 is 19.5 Å². The highest BCUT2D eigenvalue weighted by Gasteiger charge is 2.17. The fourth-order valence-electron chi connectivity index (χ4n) is 3.45. The maximum absolute atomic E-state index is 12.8. The van der Waals surface area contributed by atoms with Crippen molar-refractivity contribution in [2.24, 2.45) is 0 Å². The molecule has 0 bridgehead atoms. The lowest BCUT2D eigenvalue weighted by molar-refractivity contribution is -0.116. The number of imidazole rings is 1. The van der Waals surface area contributed by atoms with E-state index in [4.69, 9.17) is 19.2 Å². The van der Waals surface area contributed by atoms with E-state index in [0.29, 0.717) is 23.0 Å². The summed E-state index contributed by atoms with van der Waals surface area (Å²) in [5, 5.41) is 2.93. The van der Waals surface area contributed by atoms with Crippen LogP contribution in [-0.2, 0) is 11.3 Å². The number of carbonyl (C=O) groups is 1. The first kappa shape index (κ1) is 20.3. The Labute approximate surface area is 180 Å². The summed E-state index contributed by atoms with van der Waals surface area (Å²) >= 11 is 0. The number of rotatable bonds is 7. The van der Waals surface area contributed by atoms with Crippen molar-refractivity contribution in [3.05, 3.63) is 66.7 Å². The van der Waals surface area contributed by atoms with Crippen LogP contribution in [0.25, 0.3) is 22.4 Å². The number of hydrogen-bond acceptors (Lipinski definition) is 5. The number of fused-ring (bicyclic) bond motifs is 1. The number of nitrogens with one attached hydrogen (secondary N) is 1. The quantitative estimate of drug-likeness (QED) is 0.483. The summed E-state index contributed by atoms with van der Waals surface area (Å²) in [6.07, 6.45) is 0. The zero-order valence-corrected chi connectivity index (χ0v) is 17.6. The average molecular weight is 417 g/mol. The number of carbonyl (C=O) groups excluding carboxylic acids is 1. The summed E-state index contributed by atoms with van der Waals surface area (Å²) in [5.74, 6) is 2.48. The van der Waals surface area contributed by atoms with Crippen LogP contribution in [0.5, 0.6) is 17.2 Å². The molecule has 0 aliphatic heterocycles. The zero-order valence-electron chi connectivity index (χ0n) is 17.6. The smallest absolute Gasteiger partial charge is 0.244 e. The second kappa shape index (κ2) is 8.79. The third-order valence-electron chi connectivity index (χ3n) is 4.97. The first-order valence-corrected chi connectivity index (χ1v) is 9.74. The van der Waals surface area contributed by atoms with Crippen LogP contribution in [0.2, 0.25) is 0 Å². The van der Waals surface area contributed by atoms with E-state index in [0.717, 1.165) is 22.3 Å². The third kappa shape index (κ3) is 4.16. The van der Waals surface area contributed by atoms with E-state index in [1.165, 1.54) is 0 Å². The highest BCUT2D eigenvalue weighted by atomic mass is 16.5. The van der Waals surface area contributed by atoms with Crippen molar-refractivity contribution in [3.8, 4) is 28.6 Å². The van der Waals surface area contributed by atoms with Crippen molar-refractivity contribution in [3.63, 3.8) is 0 Å². The van der Waals surface area contributed by atoms with Crippen LogP contribution in [0.3, 0.4) is 0 Å². The van der Waals surface area contributed by atoms with Gasteiger partial charge in [0.1, 0.15) is 18.1 Å². The van der Waals surface area contributed by atoms with E-state index >= 15 is 0 Å². The van der Waals surface area contributed by atoms with Gasteiger partial charge >= 0.3 is 0 Å². The van der Waals surface area contributed by atoms with Gasteiger partial charge in [0.25, 0.3) is 0 Å². The van der Waals surface area contributed by atoms with Gasteiger partial charge in [-0.25, -0.2) is 4.98 Å². The first-order valence-electron chi connectivity index (χ1n) is 9.74. The molecule has 3 aromatic carbocycles. The van der Waals surface area contributed by atoms with Crippen molar-refractivity contribution < 1.29 is 19.0 Å². The van der Waals surface area contributed by atoms with Gasteiger partial charge in [-0.1, -0.05) is 12.1 Å². The average Bonchev–Trinajstić information content (AvgIpc) is 3.17. The van der Waals surface area contributed by atoms with Crippen LogP contribution in [0, 0.1) is 0 Å². The van der Waals surface area contributed by atoms with E-state index in [9.17, 15) is 4.79 Å². The molecule has 0 aliphatic carbocycles. The maximum Gasteiger partial charge on any atom is 0.244 e. The second-order valence-electron chi connectivity index (χ2n) is 6.86. The Morgan fingerprint density at radius 3 is 2.35 bits per heavy atom. The van der Waals surface area contributed by atoms with Gasteiger partial charge in [-0.3, -0.25) is 4.79 Å². The summed E-state index contributed by atoms with van der Waals surface area (Å²) in [6, 6.07) is 20.5. The largest absolute Gasteiger partial charge is 0.497 e. The van der Waals surface area contributed by atoms with Crippen LogP contribution >= 0.6 is 0 Å². The second-order valence-corrected chi connectivity index (χ2v) is 6.86. The lowest BCUT2D eigenvalue weighted by atomic mass is 10.2. The molecule has 0 fully saturated rings. The molecule has 7 nitrogen and oxygen atoms in total. The van der Waals surface area contributed by atoms with E-state index < -0.39 is 0 Å². The molecule has 1 amide bonds. The van der Waals surface area contributed by atoms with Crippen molar-refractivity contribution in [2.75, 3.05) is 26.6 Å². The third-order valence-corrected chi connectivity index (χ3v) is 4.97. The predicted molar refractivity (Wildman–Crippen MR) is 120 cm³/mol. The molecule has 0 atom stereocenters. The van der Waals surface area contributed by atoms with Gasteiger partial charge in [-0.15, -0.1) is 0 Å². The number of benzene rings is 3. The number of aromatic nitrogens is 2. The molecule has 0 unspecified atom stereocenters. The number of nitrogens with zero attached hydrogens (tertiary/aromatic N) is 2. The molecule has 31 heavy (non-hydrogen) atoms. The number of hydrogen-bond donors (Lipinski definition) is 1. The van der Waals surface area contributed by atoms with Gasteiger partial charge in [0.2, 0.25) is 5.91 Å². The van der Waals surface area contributed by atoms with Crippen molar-refractivity contribution in [1.29, 1.82) is 0 Å². The molecule has 0 spiro atoms. The first-order chi connectivity index (χ1) is 15.1. The standard InChI is InChI=1S/C24H23N3O4/c1-29-18-11-9-17(10-12-18)25-23(28)15-27-20-7-5-4-6-19(20)26-24(27)16-8-13-21(30-2)22(14-16)31-3/h4-14H,15H2,1-3H3,(H,25,28). The fraction of sp³-hybridized carbons (Fsp3) is 0.167. The molecule has 0 radical (unpaired) electrons. The van der Waals surface area contributed by atoms with Crippen molar-refractivity contribution >= 4 is 22.6 Å². The zero-order chi connectivity index (χ0) is 21.8. The molecule has 4 rings (SSSR count). The number of anilines is 1. The Kier molecular flexibility index (Phi) is 5.75. The molecule has 0 saturated carbocycles. The molecule has 158 valence electrons. The van der Waals surface area contributed by atoms with Crippen molar-refractivity contribution in [2.45, 2.75) is 6.54 Å². The van der Waals surface area contributed by atoms with Gasteiger partial charge in [-0.05, 0) is 54.6 Å². The van der Waals surface area contributed by atoms with Gasteiger partial charge in [0.15, 0.2) is 11.5 Å². The molecular weight excluding hydrogens is 394 g/mol. The molecule has 1 N–H and O–H groups in total. The van der Waals surface area contributed by atoms with Crippen LogP contribution in [0.15, 0.2) is 66.7 Å². The van der Waals surface area contributed by atoms with Gasteiger partial charge < -0.3 is 24.1 Å². The highest BCUT2D eigenvalue weighted by Crippen LogP contribution is 2.33. The Balaban J connectivity index is 1.69. The number of amides is 1. The molecule has 1 heterocycles. The Morgan fingerprint density at radius 1 is 0.903 bits per heavy atom. The van der Waals surface area contributed by atoms with Crippen molar-refractivity contribution in [1.82, 2.24) is 9.55 Å². The molecule has 7 heteroatoms. The molecule has 0 saturated heterocycles. The number of para-hydroxylation sites is 2. The Morgan fingerprint density at radius 2 is 1.65 bits per heavy atom. The SMILES string of the molecule is COc1ccc(NC(=O)Cn2c(-c3ccc(OC)c(OC)c3)nc3ccccc32)cc1. The van der Waals surface area contributed by atoms with Crippen LogP contribution in [0.1, 0.15) is 0 Å². The fourth-order valence-corrected chi connectivity index (χ4v) is 3.45. The summed E-state index contributed by atoms with van der Waals surface area (Å²) < 4.78 is 17.8. The summed E-state index contributed by atoms with van der Waals surface area (Å²) in [7, 11) is 4.79. The minimum Gasteiger partial charge on any atom is -0.497 e. The lowest BCUT2D eigenvalue weighted by Crippen LogP contribution is -2.19. The van der Waals surface area contributed by atoms with Crippen LogP contribution in [0.4, 0.5) is 5.69 Å². The molecular formula is C24H23N3O4. The number of ether oxygens (including phenoxy) is 3. The summed E-state index contributed by atoms with van der Waals surface area (Å²) in [5.41, 5.74) is 3.20. The Hall–Kier alpha value is -4.00. The van der Waals surface area contributed by atoms with E-state index in [-0.39, 0.29) is 12.5 Å². The van der Waals surface area contributed by atoms with E-state index in [2.05, 4.69) is 5.32 Å². The summed E-state index contributed by atoms with van der Waals surface area (Å²) in [4.78, 5) is 17.6. The van der Waals surface area contributed by atoms with Gasteiger partial charge in [-0.2, -0.15) is 0 Å². The maximum atomic E-state index is 12.8. The van der Waals surface area contributed by atoms with E-state index in [1.54, 1.807) is 45.6 Å². The highest BCUT2D eigenvalue weighted by molar-refractivity contribution is 5.92. The topological polar surface area (TPSA) is 74.6 Å². The molecule has 4 aromatic rings. The summed E-state index contributed by atoms with van der Waals surface area (Å²) in [6.45, 7) is 0.107. The van der Waals surface area contributed by atoms with Gasteiger partial charge in [0, 0.05) is 11.3 Å². The number of methoxy groups -OCH3 is 3. The molecule has 1 aromatic heterocycles. The Bertz CT molecular complexity index is 1220.